The summed E-state index contributed by atoms with van der Waals surface area (Å²) in [6.07, 6.45) is 0. The molecule has 0 heterocycles. The highest BCUT2D eigenvalue weighted by atomic mass is 35.5. The molecule has 0 saturated carbocycles. The van der Waals surface area contributed by atoms with E-state index in [1.807, 2.05) is 24.3 Å². The van der Waals surface area contributed by atoms with E-state index < -0.39 is 4.92 Å². The van der Waals surface area contributed by atoms with Crippen molar-refractivity contribution in [3.05, 3.63) is 68.7 Å². The van der Waals surface area contributed by atoms with Crippen LogP contribution in [0.2, 0.25) is 5.02 Å². The molecule has 0 unspecified atom stereocenters. The minimum atomic E-state index is -0.415. The molecule has 0 fully saturated rings. The second kappa shape index (κ2) is 7.06. The molecule has 110 valence electrons. The Morgan fingerprint density at radius 1 is 1.19 bits per heavy atom. The van der Waals surface area contributed by atoms with Crippen LogP contribution in [0.3, 0.4) is 0 Å². The molecule has 0 atom stereocenters. The van der Waals surface area contributed by atoms with Gasteiger partial charge in [-0.3, -0.25) is 10.1 Å². The number of nitrogens with zero attached hydrogens (tertiary/aromatic N) is 1. The van der Waals surface area contributed by atoms with Crippen LogP contribution in [0, 0.1) is 10.1 Å². The highest BCUT2D eigenvalue weighted by molar-refractivity contribution is 6.30. The summed E-state index contributed by atoms with van der Waals surface area (Å²) < 4.78 is 5.22. The maximum absolute atomic E-state index is 10.8. The Bertz CT molecular complexity index is 629. The van der Waals surface area contributed by atoms with Gasteiger partial charge in [0.05, 0.1) is 12.0 Å². The number of ether oxygens (including phenoxy) is 1. The summed E-state index contributed by atoms with van der Waals surface area (Å²) in [6.45, 7) is 1.12. The summed E-state index contributed by atoms with van der Waals surface area (Å²) >= 11 is 5.83. The summed E-state index contributed by atoms with van der Waals surface area (Å²) in [5, 5.41) is 14.7. The third-order valence-corrected chi connectivity index (χ3v) is 3.28. The second-order valence-electron chi connectivity index (χ2n) is 4.48. The van der Waals surface area contributed by atoms with Crippen molar-refractivity contribution in [3.63, 3.8) is 0 Å². The molecule has 2 rings (SSSR count). The zero-order chi connectivity index (χ0) is 15.2. The zero-order valence-corrected chi connectivity index (χ0v) is 12.3. The summed E-state index contributed by atoms with van der Waals surface area (Å²) in [7, 11) is 1.55. The lowest BCUT2D eigenvalue weighted by Gasteiger charge is -2.09. The molecule has 6 heteroatoms. The summed E-state index contributed by atoms with van der Waals surface area (Å²) in [4.78, 5) is 10.4. The Morgan fingerprint density at radius 2 is 1.90 bits per heavy atom. The van der Waals surface area contributed by atoms with E-state index in [0.717, 1.165) is 11.1 Å². The third-order valence-electron chi connectivity index (χ3n) is 3.03. The second-order valence-corrected chi connectivity index (χ2v) is 4.92. The van der Waals surface area contributed by atoms with Crippen LogP contribution in [0.4, 0.5) is 5.69 Å². The highest BCUT2D eigenvalue weighted by Crippen LogP contribution is 2.23. The highest BCUT2D eigenvalue weighted by Gasteiger charge is 2.10. The Hall–Kier alpha value is -2.11. The number of rotatable bonds is 6. The molecule has 2 aromatic rings. The number of benzene rings is 2. The van der Waals surface area contributed by atoms with Gasteiger partial charge >= 0.3 is 0 Å². The average Bonchev–Trinajstić information content (AvgIpc) is 2.49. The Balaban J connectivity index is 2.03. The van der Waals surface area contributed by atoms with Gasteiger partial charge in [0, 0.05) is 35.8 Å². The molecule has 0 aliphatic carbocycles. The molecule has 0 bridgehead atoms. The number of nitro benzene ring substituents is 1. The fraction of sp³-hybridized carbons (Fsp3) is 0.200. The lowest BCUT2D eigenvalue weighted by atomic mass is 10.1. The molecule has 5 nitrogen and oxygen atoms in total. The smallest absolute Gasteiger partial charge is 0.270 e. The van der Waals surface area contributed by atoms with Gasteiger partial charge in [0.2, 0.25) is 0 Å². The van der Waals surface area contributed by atoms with E-state index in [4.69, 9.17) is 16.3 Å². The normalized spacial score (nSPS) is 10.4. The van der Waals surface area contributed by atoms with Crippen molar-refractivity contribution < 1.29 is 9.66 Å². The van der Waals surface area contributed by atoms with Gasteiger partial charge in [0.25, 0.3) is 5.69 Å². The van der Waals surface area contributed by atoms with E-state index in [1.54, 1.807) is 13.2 Å². The molecule has 1 N–H and O–H groups in total. The summed E-state index contributed by atoms with van der Waals surface area (Å²) in [6, 6.07) is 12.1. The Morgan fingerprint density at radius 3 is 2.52 bits per heavy atom. The first kappa shape index (κ1) is 15.3. The molecular formula is C15H15ClN2O3. The standard InChI is InChI=1S/C15H15ClN2O3/c1-21-15-7-6-14(18(19)20)8-12(15)10-17-9-11-2-4-13(16)5-3-11/h2-8,17H,9-10H2,1H3. The number of hydrogen-bond donors (Lipinski definition) is 1. The van der Waals surface area contributed by atoms with E-state index in [1.165, 1.54) is 12.1 Å². The van der Waals surface area contributed by atoms with Gasteiger partial charge in [0.15, 0.2) is 0 Å². The van der Waals surface area contributed by atoms with Gasteiger partial charge in [0.1, 0.15) is 5.75 Å². The van der Waals surface area contributed by atoms with Crippen molar-refractivity contribution in [1.29, 1.82) is 0 Å². The molecule has 0 radical (unpaired) electrons. The topological polar surface area (TPSA) is 64.4 Å². The van der Waals surface area contributed by atoms with E-state index in [0.29, 0.717) is 23.9 Å². The van der Waals surface area contributed by atoms with Crippen LogP contribution < -0.4 is 10.1 Å². The van der Waals surface area contributed by atoms with Gasteiger partial charge in [-0.1, -0.05) is 23.7 Å². The first-order valence-corrected chi connectivity index (χ1v) is 6.74. The van der Waals surface area contributed by atoms with E-state index in [-0.39, 0.29) is 5.69 Å². The molecule has 0 aliphatic rings. The SMILES string of the molecule is COc1ccc([N+](=O)[O-])cc1CNCc1ccc(Cl)cc1. The molecule has 0 spiro atoms. The molecule has 0 aliphatic heterocycles. The van der Waals surface area contributed by atoms with Gasteiger partial charge in [-0.15, -0.1) is 0 Å². The Kier molecular flexibility index (Phi) is 5.14. The lowest BCUT2D eigenvalue weighted by Crippen LogP contribution is -2.13. The van der Waals surface area contributed by atoms with Gasteiger partial charge < -0.3 is 10.1 Å². The number of hydrogen-bond acceptors (Lipinski definition) is 4. The van der Waals surface area contributed by atoms with Crippen molar-refractivity contribution >= 4 is 17.3 Å². The van der Waals surface area contributed by atoms with Crippen LogP contribution in [0.15, 0.2) is 42.5 Å². The number of non-ortho nitro benzene ring substituents is 1. The Labute approximate surface area is 127 Å². The van der Waals surface area contributed by atoms with Gasteiger partial charge in [-0.2, -0.15) is 0 Å². The molecule has 21 heavy (non-hydrogen) atoms. The summed E-state index contributed by atoms with van der Waals surface area (Å²) in [5.74, 6) is 0.629. The molecule has 0 saturated heterocycles. The van der Waals surface area contributed by atoms with E-state index in [2.05, 4.69) is 5.32 Å². The van der Waals surface area contributed by atoms with Crippen molar-refractivity contribution in [2.75, 3.05) is 7.11 Å². The van der Waals surface area contributed by atoms with Crippen LogP contribution in [0.25, 0.3) is 0 Å². The van der Waals surface area contributed by atoms with Gasteiger partial charge in [-0.25, -0.2) is 0 Å². The van der Waals surface area contributed by atoms with Crippen LogP contribution in [-0.4, -0.2) is 12.0 Å². The average molecular weight is 307 g/mol. The summed E-state index contributed by atoms with van der Waals surface area (Å²) in [5.41, 5.74) is 1.89. The fourth-order valence-electron chi connectivity index (χ4n) is 1.96. The predicted molar refractivity (Wildman–Crippen MR) is 81.6 cm³/mol. The monoisotopic (exact) mass is 306 g/mol. The molecule has 0 amide bonds. The quantitative estimate of drug-likeness (QED) is 0.655. The van der Waals surface area contributed by atoms with Crippen molar-refractivity contribution in [2.45, 2.75) is 13.1 Å². The predicted octanol–water partition coefficient (Wildman–Crippen LogP) is 3.55. The minimum absolute atomic E-state index is 0.0547. The maximum Gasteiger partial charge on any atom is 0.270 e. The van der Waals surface area contributed by atoms with Crippen LogP contribution in [0.5, 0.6) is 5.75 Å². The zero-order valence-electron chi connectivity index (χ0n) is 11.5. The van der Waals surface area contributed by atoms with Crippen LogP contribution in [0.1, 0.15) is 11.1 Å². The number of halogens is 1. The first-order valence-electron chi connectivity index (χ1n) is 6.36. The largest absolute Gasteiger partial charge is 0.496 e. The van der Waals surface area contributed by atoms with E-state index in [9.17, 15) is 10.1 Å². The number of methoxy groups -OCH3 is 1. The number of nitro groups is 1. The fourth-order valence-corrected chi connectivity index (χ4v) is 2.09. The van der Waals surface area contributed by atoms with Gasteiger partial charge in [-0.05, 0) is 23.8 Å². The lowest BCUT2D eigenvalue weighted by molar-refractivity contribution is -0.384. The maximum atomic E-state index is 10.8. The molecule has 2 aromatic carbocycles. The van der Waals surface area contributed by atoms with Crippen molar-refractivity contribution in [1.82, 2.24) is 5.32 Å². The van der Waals surface area contributed by atoms with Crippen LogP contribution in [-0.2, 0) is 13.1 Å². The van der Waals surface area contributed by atoms with Crippen molar-refractivity contribution in [3.8, 4) is 5.75 Å². The first-order chi connectivity index (χ1) is 10.1. The van der Waals surface area contributed by atoms with Crippen molar-refractivity contribution in [2.24, 2.45) is 0 Å². The third kappa shape index (κ3) is 4.18. The van der Waals surface area contributed by atoms with E-state index >= 15 is 0 Å². The molecule has 0 aromatic heterocycles. The number of nitrogens with one attached hydrogen (secondary N) is 1. The minimum Gasteiger partial charge on any atom is -0.496 e. The van der Waals surface area contributed by atoms with Crippen LogP contribution >= 0.6 is 11.6 Å². The molecular weight excluding hydrogens is 292 g/mol.